The zero-order valence-corrected chi connectivity index (χ0v) is 25.3. The fourth-order valence-electron chi connectivity index (χ4n) is 5.14. The van der Waals surface area contributed by atoms with Crippen LogP contribution in [0.15, 0.2) is 72.8 Å². The average Bonchev–Trinajstić information content (AvgIpc) is 3.64. The van der Waals surface area contributed by atoms with Crippen molar-refractivity contribution in [1.82, 2.24) is 0 Å². The maximum atomic E-state index is 2.33. The third kappa shape index (κ3) is 8.95. The lowest BCUT2D eigenvalue weighted by atomic mass is 10.0. The van der Waals surface area contributed by atoms with Crippen LogP contribution < -0.4 is 0 Å². The van der Waals surface area contributed by atoms with Gasteiger partial charge in [-0.25, -0.2) is 0 Å². The van der Waals surface area contributed by atoms with Gasteiger partial charge < -0.3 is 0 Å². The fraction of sp³-hybridized carbons (Fsp3) is 0.444. The number of unbranched alkanes of at least 4 members (excludes halogenated alkanes) is 10. The predicted molar refractivity (Wildman–Crippen MR) is 173 cm³/mol. The van der Waals surface area contributed by atoms with Crippen LogP contribution in [0.25, 0.3) is 30.6 Å². The molecule has 4 aromatic rings. The second-order valence-corrected chi connectivity index (χ2v) is 12.9. The van der Waals surface area contributed by atoms with Crippen LogP contribution in [0.5, 0.6) is 0 Å². The smallest absolute Gasteiger partial charge is 0.0449 e. The first-order valence-electron chi connectivity index (χ1n) is 15.2. The molecule has 2 aromatic heterocycles. The summed E-state index contributed by atoms with van der Waals surface area (Å²) in [5.41, 5.74) is 5.63. The molecule has 0 N–H and O–H groups in total. The van der Waals surface area contributed by atoms with Crippen molar-refractivity contribution in [2.45, 2.75) is 104 Å². The lowest BCUT2D eigenvalue weighted by Crippen LogP contribution is -1.86. The van der Waals surface area contributed by atoms with E-state index in [9.17, 15) is 0 Å². The maximum Gasteiger partial charge on any atom is 0.0449 e. The largest absolute Gasteiger partial charge is 0.134 e. The van der Waals surface area contributed by atoms with E-state index < -0.39 is 0 Å². The molecule has 0 radical (unpaired) electrons. The summed E-state index contributed by atoms with van der Waals surface area (Å²) in [5, 5.41) is 0. The van der Waals surface area contributed by atoms with E-state index in [2.05, 4.69) is 86.6 Å². The van der Waals surface area contributed by atoms with Crippen LogP contribution in [0.3, 0.4) is 0 Å². The minimum absolute atomic E-state index is 1.21. The SMILES string of the molecule is CCCCCCCCc1ccc(-c2ccc(-c3ccc(-c4ccc(CCCCCCCC)cc4)s3)s2)cc1. The van der Waals surface area contributed by atoms with E-state index in [1.807, 2.05) is 22.7 Å². The zero-order valence-electron chi connectivity index (χ0n) is 23.6. The summed E-state index contributed by atoms with van der Waals surface area (Å²) in [6.45, 7) is 4.57. The summed E-state index contributed by atoms with van der Waals surface area (Å²) in [6.07, 6.45) is 18.8. The number of rotatable bonds is 17. The summed E-state index contributed by atoms with van der Waals surface area (Å²) in [4.78, 5) is 5.46. The van der Waals surface area contributed by atoms with Crippen molar-refractivity contribution in [1.29, 1.82) is 0 Å². The molecule has 0 nitrogen and oxygen atoms in total. The quantitative estimate of drug-likeness (QED) is 0.116. The van der Waals surface area contributed by atoms with E-state index in [0.717, 1.165) is 0 Å². The van der Waals surface area contributed by atoms with Gasteiger partial charge in [-0.1, -0.05) is 127 Å². The van der Waals surface area contributed by atoms with Crippen molar-refractivity contribution in [3.63, 3.8) is 0 Å². The van der Waals surface area contributed by atoms with Crippen LogP contribution in [-0.4, -0.2) is 0 Å². The summed E-state index contributed by atoms with van der Waals surface area (Å²) in [6, 6.07) is 27.8. The Kier molecular flexibility index (Phi) is 12.2. The van der Waals surface area contributed by atoms with E-state index in [-0.39, 0.29) is 0 Å². The number of hydrogen-bond donors (Lipinski definition) is 0. The molecule has 0 fully saturated rings. The minimum Gasteiger partial charge on any atom is -0.134 e. The number of thiophene rings is 2. The molecular weight excluding hydrogens is 497 g/mol. The molecule has 2 heteroatoms. The van der Waals surface area contributed by atoms with Gasteiger partial charge in [-0.15, -0.1) is 22.7 Å². The first kappa shape index (κ1) is 28.8. The molecule has 0 aliphatic heterocycles. The number of aryl methyl sites for hydroxylation is 2. The van der Waals surface area contributed by atoms with Gasteiger partial charge in [0.25, 0.3) is 0 Å². The van der Waals surface area contributed by atoms with Crippen LogP contribution in [0.1, 0.15) is 102 Å². The van der Waals surface area contributed by atoms with Gasteiger partial charge >= 0.3 is 0 Å². The average molecular weight is 543 g/mol. The minimum atomic E-state index is 1.21. The van der Waals surface area contributed by atoms with Crippen molar-refractivity contribution in [3.05, 3.63) is 83.9 Å². The lowest BCUT2D eigenvalue weighted by Gasteiger charge is -2.04. The summed E-state index contributed by atoms with van der Waals surface area (Å²) in [5.74, 6) is 0. The number of hydrogen-bond acceptors (Lipinski definition) is 2. The highest BCUT2D eigenvalue weighted by molar-refractivity contribution is 7.25. The van der Waals surface area contributed by atoms with Gasteiger partial charge in [-0.3, -0.25) is 0 Å². The summed E-state index contributed by atoms with van der Waals surface area (Å²) >= 11 is 3.82. The Balaban J connectivity index is 1.28. The molecule has 0 aliphatic rings. The van der Waals surface area contributed by atoms with Crippen molar-refractivity contribution in [2.24, 2.45) is 0 Å². The monoisotopic (exact) mass is 542 g/mol. The highest BCUT2D eigenvalue weighted by Gasteiger charge is 2.09. The van der Waals surface area contributed by atoms with E-state index in [1.165, 1.54) is 132 Å². The molecular formula is C36H46S2. The number of benzene rings is 2. The summed E-state index contributed by atoms with van der Waals surface area (Å²) < 4.78 is 0. The van der Waals surface area contributed by atoms with Gasteiger partial charge in [-0.05, 0) is 72.2 Å². The second-order valence-electron chi connectivity index (χ2n) is 10.8. The predicted octanol–water partition coefficient (Wildman–Crippen LogP) is 12.6. The van der Waals surface area contributed by atoms with Gasteiger partial charge in [0.05, 0.1) is 0 Å². The fourth-order valence-corrected chi connectivity index (χ4v) is 7.25. The van der Waals surface area contributed by atoms with Crippen molar-refractivity contribution >= 4 is 22.7 Å². The van der Waals surface area contributed by atoms with E-state index >= 15 is 0 Å². The molecule has 0 unspecified atom stereocenters. The third-order valence-electron chi connectivity index (χ3n) is 7.57. The van der Waals surface area contributed by atoms with Gasteiger partial charge in [0.2, 0.25) is 0 Å². The topological polar surface area (TPSA) is 0 Å². The normalized spacial score (nSPS) is 11.3. The molecule has 0 bridgehead atoms. The highest BCUT2D eigenvalue weighted by Crippen LogP contribution is 2.40. The van der Waals surface area contributed by atoms with Gasteiger partial charge in [0.1, 0.15) is 0 Å². The van der Waals surface area contributed by atoms with Gasteiger partial charge in [0, 0.05) is 19.5 Å². The molecule has 2 heterocycles. The Morgan fingerprint density at radius 3 is 1.11 bits per heavy atom. The first-order chi connectivity index (χ1) is 18.8. The molecule has 0 amide bonds. The van der Waals surface area contributed by atoms with Crippen LogP contribution in [0.2, 0.25) is 0 Å². The Bertz CT molecular complexity index is 1080. The van der Waals surface area contributed by atoms with Crippen LogP contribution >= 0.6 is 22.7 Å². The van der Waals surface area contributed by atoms with Crippen molar-refractivity contribution in [3.8, 4) is 30.6 Å². The standard InChI is InChI=1S/C36H46S2/c1-3-5-7-9-11-13-15-29-17-21-31(22-18-29)33-25-27-35(37-33)36-28-26-34(38-36)32-23-19-30(20-24-32)16-14-12-10-8-6-4-2/h17-28H,3-16H2,1-2H3. The van der Waals surface area contributed by atoms with Gasteiger partial charge in [-0.2, -0.15) is 0 Å². The van der Waals surface area contributed by atoms with Crippen molar-refractivity contribution < 1.29 is 0 Å². The van der Waals surface area contributed by atoms with Gasteiger partial charge in [0.15, 0.2) is 0 Å². The lowest BCUT2D eigenvalue weighted by molar-refractivity contribution is 0.607. The zero-order chi connectivity index (χ0) is 26.4. The summed E-state index contributed by atoms with van der Waals surface area (Å²) in [7, 11) is 0. The van der Waals surface area contributed by atoms with E-state index in [0.29, 0.717) is 0 Å². The molecule has 4 rings (SSSR count). The molecule has 38 heavy (non-hydrogen) atoms. The molecule has 0 saturated carbocycles. The molecule has 202 valence electrons. The first-order valence-corrected chi connectivity index (χ1v) is 16.8. The molecule has 0 aliphatic carbocycles. The Labute approximate surface area is 240 Å². The van der Waals surface area contributed by atoms with Crippen molar-refractivity contribution in [2.75, 3.05) is 0 Å². The Morgan fingerprint density at radius 1 is 0.368 bits per heavy atom. The molecule has 0 atom stereocenters. The molecule has 0 spiro atoms. The Morgan fingerprint density at radius 2 is 0.711 bits per heavy atom. The van der Waals surface area contributed by atoms with E-state index in [4.69, 9.17) is 0 Å². The van der Waals surface area contributed by atoms with Crippen LogP contribution in [0.4, 0.5) is 0 Å². The second kappa shape index (κ2) is 16.1. The van der Waals surface area contributed by atoms with Crippen LogP contribution in [-0.2, 0) is 12.8 Å². The highest BCUT2D eigenvalue weighted by atomic mass is 32.1. The molecule has 2 aromatic carbocycles. The maximum absolute atomic E-state index is 2.33. The van der Waals surface area contributed by atoms with Crippen LogP contribution in [0, 0.1) is 0 Å². The van der Waals surface area contributed by atoms with E-state index in [1.54, 1.807) is 0 Å². The third-order valence-corrected chi connectivity index (χ3v) is 10.0. The Hall–Kier alpha value is -2.16. The molecule has 0 saturated heterocycles.